The highest BCUT2D eigenvalue weighted by molar-refractivity contribution is 6.34. The van der Waals surface area contributed by atoms with Gasteiger partial charge >= 0.3 is 0 Å². The zero-order valence-corrected chi connectivity index (χ0v) is 12.0. The molecule has 1 N–H and O–H groups in total. The Morgan fingerprint density at radius 2 is 1.74 bits per heavy atom. The summed E-state index contributed by atoms with van der Waals surface area (Å²) in [5.74, 6) is 0. The first kappa shape index (κ1) is 14.0. The van der Waals surface area contributed by atoms with Crippen molar-refractivity contribution >= 4 is 40.5 Å². The zero-order chi connectivity index (χ0) is 13.8. The van der Waals surface area contributed by atoms with E-state index in [1.807, 2.05) is 12.1 Å². The second-order valence-corrected chi connectivity index (χ2v) is 5.10. The van der Waals surface area contributed by atoms with Gasteiger partial charge in [-0.1, -0.05) is 46.9 Å². The van der Waals surface area contributed by atoms with Gasteiger partial charge in [-0.15, -0.1) is 0 Å². The van der Waals surface area contributed by atoms with Gasteiger partial charge in [-0.05, 0) is 30.3 Å². The number of rotatable bonds is 3. The fourth-order valence-electron chi connectivity index (χ4n) is 1.65. The van der Waals surface area contributed by atoms with Gasteiger partial charge in [-0.25, -0.2) is 0 Å². The Hall–Kier alpha value is -1.40. The van der Waals surface area contributed by atoms with Gasteiger partial charge in [0.25, 0.3) is 0 Å². The first-order valence-corrected chi connectivity index (χ1v) is 6.61. The van der Waals surface area contributed by atoms with Crippen LogP contribution in [-0.4, -0.2) is 0 Å². The van der Waals surface area contributed by atoms with Crippen LogP contribution < -0.4 is 5.32 Å². The minimum Gasteiger partial charge on any atom is -0.365 e. The number of benzene rings is 2. The van der Waals surface area contributed by atoms with Crippen LogP contribution in [0.3, 0.4) is 0 Å². The third-order valence-electron chi connectivity index (χ3n) is 2.57. The molecule has 1 unspecified atom stereocenters. The molecule has 1 atom stereocenters. The molecule has 19 heavy (non-hydrogen) atoms. The average molecular weight is 312 g/mol. The summed E-state index contributed by atoms with van der Waals surface area (Å²) in [6.45, 7) is 0. The molecule has 5 heteroatoms. The molecule has 2 aromatic rings. The van der Waals surface area contributed by atoms with E-state index in [0.717, 1.165) is 0 Å². The average Bonchev–Trinajstić information content (AvgIpc) is 2.41. The molecule has 0 amide bonds. The molecule has 0 spiro atoms. The predicted octanol–water partition coefficient (Wildman–Crippen LogP) is 5.32. The molecule has 0 heterocycles. The minimum atomic E-state index is -0.619. The molecule has 0 aliphatic rings. The van der Waals surface area contributed by atoms with Crippen molar-refractivity contribution in [2.45, 2.75) is 6.04 Å². The zero-order valence-electron chi connectivity index (χ0n) is 9.70. The molecule has 0 bridgehead atoms. The van der Waals surface area contributed by atoms with Crippen molar-refractivity contribution in [1.82, 2.24) is 0 Å². The molecule has 2 nitrogen and oxygen atoms in total. The second kappa shape index (κ2) is 6.16. The number of nitrogens with zero attached hydrogens (tertiary/aromatic N) is 1. The molecule has 0 fully saturated rings. The van der Waals surface area contributed by atoms with Crippen molar-refractivity contribution in [3.63, 3.8) is 0 Å². The highest BCUT2D eigenvalue weighted by Gasteiger charge is 2.15. The molecule has 0 radical (unpaired) electrons. The molecule has 2 aromatic carbocycles. The number of anilines is 1. The lowest BCUT2D eigenvalue weighted by Crippen LogP contribution is -2.09. The van der Waals surface area contributed by atoms with Crippen molar-refractivity contribution in [3.8, 4) is 6.07 Å². The first-order valence-electron chi connectivity index (χ1n) is 5.47. The number of hydrogen-bond donors (Lipinski definition) is 1. The topological polar surface area (TPSA) is 35.8 Å². The largest absolute Gasteiger partial charge is 0.365 e. The smallest absolute Gasteiger partial charge is 0.141 e. The number of para-hydroxylation sites is 1. The Morgan fingerprint density at radius 1 is 1.00 bits per heavy atom. The summed E-state index contributed by atoms with van der Waals surface area (Å²) in [7, 11) is 0. The van der Waals surface area contributed by atoms with Gasteiger partial charge in [0.15, 0.2) is 0 Å². The van der Waals surface area contributed by atoms with Crippen molar-refractivity contribution < 1.29 is 0 Å². The van der Waals surface area contributed by atoms with Gasteiger partial charge in [0.2, 0.25) is 0 Å². The van der Waals surface area contributed by atoms with Gasteiger partial charge in [0.1, 0.15) is 6.04 Å². The van der Waals surface area contributed by atoms with E-state index >= 15 is 0 Å². The minimum absolute atomic E-state index is 0.482. The maximum absolute atomic E-state index is 9.29. The van der Waals surface area contributed by atoms with Crippen LogP contribution in [-0.2, 0) is 0 Å². The second-order valence-electron chi connectivity index (χ2n) is 3.85. The third kappa shape index (κ3) is 3.33. The summed E-state index contributed by atoms with van der Waals surface area (Å²) < 4.78 is 0. The molecular weight excluding hydrogens is 303 g/mol. The van der Waals surface area contributed by atoms with Gasteiger partial charge in [-0.2, -0.15) is 5.26 Å². The molecule has 0 aromatic heterocycles. The SMILES string of the molecule is N#CC(Nc1ccccc1Cl)c1cc(Cl)ccc1Cl. The maximum Gasteiger partial charge on any atom is 0.141 e. The van der Waals surface area contributed by atoms with Crippen LogP contribution in [0.2, 0.25) is 15.1 Å². The Labute approximate surface area is 126 Å². The van der Waals surface area contributed by atoms with Gasteiger partial charge in [0.05, 0.1) is 16.8 Å². The van der Waals surface area contributed by atoms with Gasteiger partial charge < -0.3 is 5.32 Å². The van der Waals surface area contributed by atoms with E-state index in [4.69, 9.17) is 34.8 Å². The van der Waals surface area contributed by atoms with Crippen molar-refractivity contribution in [1.29, 1.82) is 5.26 Å². The lowest BCUT2D eigenvalue weighted by atomic mass is 10.1. The van der Waals surface area contributed by atoms with E-state index in [1.54, 1.807) is 30.3 Å². The van der Waals surface area contributed by atoms with Crippen LogP contribution in [0.5, 0.6) is 0 Å². The van der Waals surface area contributed by atoms with Crippen molar-refractivity contribution in [3.05, 3.63) is 63.1 Å². The summed E-state index contributed by atoms with van der Waals surface area (Å²) in [4.78, 5) is 0. The lowest BCUT2D eigenvalue weighted by Gasteiger charge is -2.16. The van der Waals surface area contributed by atoms with Crippen LogP contribution in [0.4, 0.5) is 5.69 Å². The molecule has 96 valence electrons. The highest BCUT2D eigenvalue weighted by Crippen LogP contribution is 2.30. The number of hydrogen-bond acceptors (Lipinski definition) is 2. The Morgan fingerprint density at radius 3 is 2.42 bits per heavy atom. The fraction of sp³-hybridized carbons (Fsp3) is 0.0714. The lowest BCUT2D eigenvalue weighted by molar-refractivity contribution is 0.998. The van der Waals surface area contributed by atoms with E-state index < -0.39 is 6.04 Å². The van der Waals surface area contributed by atoms with E-state index in [9.17, 15) is 5.26 Å². The Bertz CT molecular complexity index is 635. The Kier molecular flexibility index (Phi) is 4.55. The van der Waals surface area contributed by atoms with Crippen LogP contribution in [0.25, 0.3) is 0 Å². The molecule has 0 saturated carbocycles. The highest BCUT2D eigenvalue weighted by atomic mass is 35.5. The van der Waals surface area contributed by atoms with E-state index in [0.29, 0.717) is 26.3 Å². The molecule has 2 rings (SSSR count). The van der Waals surface area contributed by atoms with Gasteiger partial charge in [-0.3, -0.25) is 0 Å². The molecule has 0 aliphatic carbocycles. The van der Waals surface area contributed by atoms with Crippen molar-refractivity contribution in [2.75, 3.05) is 5.32 Å². The van der Waals surface area contributed by atoms with Crippen LogP contribution in [0.1, 0.15) is 11.6 Å². The normalized spacial score (nSPS) is 11.7. The monoisotopic (exact) mass is 310 g/mol. The number of nitriles is 1. The first-order chi connectivity index (χ1) is 9.11. The molecule has 0 saturated heterocycles. The third-order valence-corrected chi connectivity index (χ3v) is 3.48. The van der Waals surface area contributed by atoms with Crippen molar-refractivity contribution in [2.24, 2.45) is 0 Å². The number of nitrogens with one attached hydrogen (secondary N) is 1. The summed E-state index contributed by atoms with van der Waals surface area (Å²) in [5.41, 5.74) is 1.29. The van der Waals surface area contributed by atoms with Crippen LogP contribution in [0.15, 0.2) is 42.5 Å². The number of halogens is 3. The maximum atomic E-state index is 9.29. The summed E-state index contributed by atoms with van der Waals surface area (Å²) in [6, 6.07) is 13.7. The van der Waals surface area contributed by atoms with Gasteiger partial charge in [0, 0.05) is 15.6 Å². The quantitative estimate of drug-likeness (QED) is 0.832. The summed E-state index contributed by atoms with van der Waals surface area (Å²) in [6.07, 6.45) is 0. The van der Waals surface area contributed by atoms with Crippen LogP contribution >= 0.6 is 34.8 Å². The van der Waals surface area contributed by atoms with Crippen LogP contribution in [0, 0.1) is 11.3 Å². The van der Waals surface area contributed by atoms with E-state index in [-0.39, 0.29) is 0 Å². The van der Waals surface area contributed by atoms with E-state index in [2.05, 4.69) is 11.4 Å². The van der Waals surface area contributed by atoms with E-state index in [1.165, 1.54) is 0 Å². The summed E-state index contributed by atoms with van der Waals surface area (Å²) in [5, 5.41) is 13.9. The predicted molar refractivity (Wildman–Crippen MR) is 79.9 cm³/mol. The summed E-state index contributed by atoms with van der Waals surface area (Å²) >= 11 is 18.1. The Balaban J connectivity index is 2.34. The standard InChI is InChI=1S/C14H9Cl3N2/c15-9-5-6-11(16)10(7-9)14(8-18)19-13-4-2-1-3-12(13)17/h1-7,14,19H. The molecular formula is C14H9Cl3N2. The molecule has 0 aliphatic heterocycles. The fourth-order valence-corrected chi connectivity index (χ4v) is 2.25.